The van der Waals surface area contributed by atoms with E-state index in [-0.39, 0.29) is 1.43 Å². The standard InChI is InChI=1S/C12H25N.C2H6.H2/c1-6-10-7-11(2,3)8-12(4,5)9-13-10;1-2;/h10,13H,6-9H2,1-5H3;1-2H3;1H/t10-;;/m1../s1. The molecule has 0 unspecified atom stereocenters. The average Bonchev–Trinajstić information content (AvgIpc) is 2.23. The van der Waals surface area contributed by atoms with Gasteiger partial charge in [0.1, 0.15) is 0 Å². The van der Waals surface area contributed by atoms with E-state index in [2.05, 4.69) is 39.9 Å². The molecule has 1 saturated heterocycles. The van der Waals surface area contributed by atoms with E-state index >= 15 is 0 Å². The van der Waals surface area contributed by atoms with Gasteiger partial charge in [0.05, 0.1) is 0 Å². The smallest absolute Gasteiger partial charge is 0.00697 e. The van der Waals surface area contributed by atoms with Crippen LogP contribution in [0.2, 0.25) is 0 Å². The van der Waals surface area contributed by atoms with Crippen molar-refractivity contribution in [2.24, 2.45) is 10.8 Å². The van der Waals surface area contributed by atoms with Crippen LogP contribution in [-0.2, 0) is 0 Å². The molecule has 1 rings (SSSR count). The topological polar surface area (TPSA) is 12.0 Å². The average molecular weight is 215 g/mol. The van der Waals surface area contributed by atoms with Crippen LogP contribution in [0, 0.1) is 10.8 Å². The molecule has 15 heavy (non-hydrogen) atoms. The van der Waals surface area contributed by atoms with Crippen molar-refractivity contribution in [3.8, 4) is 0 Å². The molecule has 1 N–H and O–H groups in total. The fourth-order valence-corrected chi connectivity index (χ4v) is 2.88. The maximum absolute atomic E-state index is 3.68. The van der Waals surface area contributed by atoms with Crippen molar-refractivity contribution in [2.75, 3.05) is 6.54 Å². The minimum atomic E-state index is 0. The Morgan fingerprint density at radius 2 is 1.67 bits per heavy atom. The number of nitrogens with one attached hydrogen (secondary N) is 1. The zero-order valence-electron chi connectivity index (χ0n) is 11.9. The minimum absolute atomic E-state index is 0. The van der Waals surface area contributed by atoms with Gasteiger partial charge in [-0.25, -0.2) is 0 Å². The molecule has 0 aliphatic carbocycles. The van der Waals surface area contributed by atoms with Gasteiger partial charge < -0.3 is 5.32 Å². The summed E-state index contributed by atoms with van der Waals surface area (Å²) in [5.74, 6) is 0. The Hall–Kier alpha value is -0.0400. The Balaban J connectivity index is 0. The van der Waals surface area contributed by atoms with Crippen molar-refractivity contribution in [3.63, 3.8) is 0 Å². The van der Waals surface area contributed by atoms with Gasteiger partial charge in [-0.15, -0.1) is 0 Å². The third-order valence-electron chi connectivity index (χ3n) is 3.12. The second-order valence-corrected chi connectivity index (χ2v) is 6.20. The summed E-state index contributed by atoms with van der Waals surface area (Å²) in [6, 6.07) is 0.733. The quantitative estimate of drug-likeness (QED) is 0.680. The molecule has 1 fully saturated rings. The normalized spacial score (nSPS) is 28.6. The van der Waals surface area contributed by atoms with E-state index in [4.69, 9.17) is 0 Å². The fourth-order valence-electron chi connectivity index (χ4n) is 2.88. The van der Waals surface area contributed by atoms with Crippen LogP contribution in [0.4, 0.5) is 0 Å². The van der Waals surface area contributed by atoms with Gasteiger partial charge in [-0.3, -0.25) is 0 Å². The molecule has 0 aromatic rings. The monoisotopic (exact) mass is 215 g/mol. The van der Waals surface area contributed by atoms with Crippen molar-refractivity contribution in [1.82, 2.24) is 5.32 Å². The summed E-state index contributed by atoms with van der Waals surface area (Å²) in [7, 11) is 0. The second-order valence-electron chi connectivity index (χ2n) is 6.20. The molecular weight excluding hydrogens is 182 g/mol. The van der Waals surface area contributed by atoms with Crippen LogP contribution in [0.3, 0.4) is 0 Å². The summed E-state index contributed by atoms with van der Waals surface area (Å²) in [6.45, 7) is 17.0. The molecule has 0 spiro atoms. The van der Waals surface area contributed by atoms with Crippen LogP contribution < -0.4 is 5.32 Å². The van der Waals surface area contributed by atoms with Crippen LogP contribution >= 0.6 is 0 Å². The highest BCUT2D eigenvalue weighted by Gasteiger charge is 2.34. The minimum Gasteiger partial charge on any atom is -0.313 e. The van der Waals surface area contributed by atoms with Crippen LogP contribution in [0.5, 0.6) is 0 Å². The predicted molar refractivity (Wildman–Crippen MR) is 72.3 cm³/mol. The third kappa shape index (κ3) is 5.55. The molecule has 0 amide bonds. The molecule has 1 heterocycles. The van der Waals surface area contributed by atoms with E-state index in [1.165, 1.54) is 25.8 Å². The van der Waals surface area contributed by atoms with Gasteiger partial charge in [-0.1, -0.05) is 48.5 Å². The van der Waals surface area contributed by atoms with Gasteiger partial charge in [-0.05, 0) is 30.1 Å². The van der Waals surface area contributed by atoms with Gasteiger partial charge in [0, 0.05) is 14.0 Å². The first kappa shape index (κ1) is 15.0. The SMILES string of the molecule is CC.CC[C@@H]1CC(C)(C)CC(C)(C)CN1.[HH]. The maximum Gasteiger partial charge on any atom is 0.00697 e. The number of rotatable bonds is 1. The lowest BCUT2D eigenvalue weighted by Gasteiger charge is -2.31. The Bertz CT molecular complexity index is 176. The predicted octanol–water partition coefficient (Wildman–Crippen LogP) is 4.47. The molecule has 1 heteroatoms. The third-order valence-corrected chi connectivity index (χ3v) is 3.12. The summed E-state index contributed by atoms with van der Waals surface area (Å²) >= 11 is 0. The van der Waals surface area contributed by atoms with Crippen LogP contribution in [0.15, 0.2) is 0 Å². The van der Waals surface area contributed by atoms with Crippen molar-refractivity contribution in [2.45, 2.75) is 73.8 Å². The summed E-state index contributed by atoms with van der Waals surface area (Å²) in [6.07, 6.45) is 3.93. The van der Waals surface area contributed by atoms with Crippen LogP contribution in [0.25, 0.3) is 0 Å². The number of hydrogen-bond donors (Lipinski definition) is 1. The lowest BCUT2D eigenvalue weighted by Crippen LogP contribution is -2.33. The molecule has 1 aliphatic heterocycles. The van der Waals surface area contributed by atoms with Gasteiger partial charge in [0.25, 0.3) is 0 Å². The second kappa shape index (κ2) is 5.89. The zero-order valence-corrected chi connectivity index (χ0v) is 11.9. The molecule has 0 saturated carbocycles. The summed E-state index contributed by atoms with van der Waals surface area (Å²) in [5.41, 5.74) is 0.973. The van der Waals surface area contributed by atoms with E-state index < -0.39 is 0 Å². The lowest BCUT2D eigenvalue weighted by atomic mass is 9.74. The van der Waals surface area contributed by atoms with Crippen LogP contribution in [-0.4, -0.2) is 12.6 Å². The Labute approximate surface area is 98.5 Å². The Kier molecular flexibility index (Phi) is 5.87. The van der Waals surface area contributed by atoms with E-state index in [9.17, 15) is 0 Å². The highest BCUT2D eigenvalue weighted by Crippen LogP contribution is 2.39. The van der Waals surface area contributed by atoms with E-state index in [0.717, 1.165) is 6.04 Å². The first-order valence-corrected chi connectivity index (χ1v) is 6.58. The molecule has 1 nitrogen and oxygen atoms in total. The molecule has 0 aromatic carbocycles. The van der Waals surface area contributed by atoms with Crippen molar-refractivity contribution < 1.29 is 1.43 Å². The molecule has 94 valence electrons. The molecule has 0 bridgehead atoms. The van der Waals surface area contributed by atoms with Gasteiger partial charge in [-0.2, -0.15) is 0 Å². The highest BCUT2D eigenvalue weighted by molar-refractivity contribution is 4.88. The zero-order chi connectivity index (χ0) is 12.1. The summed E-state index contributed by atoms with van der Waals surface area (Å²) in [4.78, 5) is 0. The summed E-state index contributed by atoms with van der Waals surface area (Å²) < 4.78 is 0. The first-order chi connectivity index (χ1) is 6.85. The molecule has 1 aliphatic rings. The Morgan fingerprint density at radius 1 is 1.13 bits per heavy atom. The first-order valence-electron chi connectivity index (χ1n) is 6.58. The van der Waals surface area contributed by atoms with Crippen LogP contribution in [0.1, 0.15) is 69.2 Å². The number of hydrogen-bond acceptors (Lipinski definition) is 1. The van der Waals surface area contributed by atoms with E-state index in [1.54, 1.807) is 0 Å². The van der Waals surface area contributed by atoms with Gasteiger partial charge in [0.15, 0.2) is 0 Å². The summed E-state index contributed by atoms with van der Waals surface area (Å²) in [5, 5.41) is 3.68. The fraction of sp³-hybridized carbons (Fsp3) is 1.00. The highest BCUT2D eigenvalue weighted by atomic mass is 14.9. The largest absolute Gasteiger partial charge is 0.313 e. The van der Waals surface area contributed by atoms with Gasteiger partial charge >= 0.3 is 0 Å². The maximum atomic E-state index is 3.68. The van der Waals surface area contributed by atoms with E-state index in [0.29, 0.717) is 10.8 Å². The van der Waals surface area contributed by atoms with Crippen molar-refractivity contribution in [1.29, 1.82) is 0 Å². The molecule has 0 aromatic heterocycles. The lowest BCUT2D eigenvalue weighted by molar-refractivity contribution is 0.208. The van der Waals surface area contributed by atoms with Gasteiger partial charge in [0.2, 0.25) is 0 Å². The van der Waals surface area contributed by atoms with Crippen molar-refractivity contribution >= 4 is 0 Å². The molecular formula is C14H33N. The molecule has 1 atom stereocenters. The Morgan fingerprint density at radius 3 is 2.13 bits per heavy atom. The van der Waals surface area contributed by atoms with Crippen molar-refractivity contribution in [3.05, 3.63) is 0 Å². The van der Waals surface area contributed by atoms with E-state index in [1.807, 2.05) is 13.8 Å². The molecule has 0 radical (unpaired) electrons.